The van der Waals surface area contributed by atoms with Crippen molar-refractivity contribution in [3.05, 3.63) is 0 Å². The van der Waals surface area contributed by atoms with Crippen LogP contribution in [-0.2, 0) is 14.3 Å². The zero-order valence-corrected chi connectivity index (χ0v) is 10.9. The second-order valence-electron chi connectivity index (χ2n) is 4.39. The molecule has 0 spiro atoms. The predicted molar refractivity (Wildman–Crippen MR) is 64.1 cm³/mol. The first-order valence-corrected chi connectivity index (χ1v) is 5.70. The molecule has 0 aromatic rings. The summed E-state index contributed by atoms with van der Waals surface area (Å²) in [6.45, 7) is 5.36. The maximum absolute atomic E-state index is 11.4. The number of hydrogen-bond acceptors (Lipinski definition) is 4. The smallest absolute Gasteiger partial charge is 0.315 e. The van der Waals surface area contributed by atoms with E-state index in [1.54, 1.807) is 20.8 Å². The van der Waals surface area contributed by atoms with Crippen LogP contribution in [-0.4, -0.2) is 41.8 Å². The lowest BCUT2D eigenvalue weighted by atomic mass is 10.0. The van der Waals surface area contributed by atoms with Crippen molar-refractivity contribution < 1.29 is 24.2 Å². The maximum Gasteiger partial charge on any atom is 0.315 e. The summed E-state index contributed by atoms with van der Waals surface area (Å²) >= 11 is 0. The minimum atomic E-state index is -0.994. The van der Waals surface area contributed by atoms with Crippen LogP contribution < -0.4 is 10.6 Å². The fourth-order valence-corrected chi connectivity index (χ4v) is 1.29. The van der Waals surface area contributed by atoms with Crippen LogP contribution >= 0.6 is 0 Å². The minimum Gasteiger partial charge on any atom is -0.481 e. The molecule has 0 fully saturated rings. The van der Waals surface area contributed by atoms with Crippen molar-refractivity contribution in [3.8, 4) is 0 Å². The molecule has 3 N–H and O–H groups in total. The number of esters is 1. The van der Waals surface area contributed by atoms with Crippen molar-refractivity contribution in [1.82, 2.24) is 10.6 Å². The van der Waals surface area contributed by atoms with E-state index in [2.05, 4.69) is 15.4 Å². The van der Waals surface area contributed by atoms with E-state index < -0.39 is 17.5 Å². The predicted octanol–water partition coefficient (Wildman–Crippen LogP) is 0.492. The summed E-state index contributed by atoms with van der Waals surface area (Å²) in [5.41, 5.74) is -0.847. The average Bonchev–Trinajstić information content (AvgIpc) is 2.14. The minimum absolute atomic E-state index is 0.0839. The highest BCUT2D eigenvalue weighted by atomic mass is 16.5. The number of nitrogens with one attached hydrogen (secondary N) is 2. The van der Waals surface area contributed by atoms with Gasteiger partial charge in [0, 0.05) is 12.1 Å². The van der Waals surface area contributed by atoms with Crippen LogP contribution in [0.4, 0.5) is 4.79 Å². The molecule has 0 aliphatic carbocycles. The highest BCUT2D eigenvalue weighted by Crippen LogP contribution is 2.07. The summed E-state index contributed by atoms with van der Waals surface area (Å²) in [6.07, 6.45) is -0.0983. The number of carbonyl (C=O) groups excluding carboxylic acids is 2. The van der Waals surface area contributed by atoms with Gasteiger partial charge >= 0.3 is 18.0 Å². The molecule has 18 heavy (non-hydrogen) atoms. The molecule has 0 radical (unpaired) electrons. The van der Waals surface area contributed by atoms with Crippen molar-refractivity contribution >= 4 is 18.0 Å². The van der Waals surface area contributed by atoms with Gasteiger partial charge in [-0.15, -0.1) is 0 Å². The van der Waals surface area contributed by atoms with E-state index in [1.807, 2.05) is 0 Å². The molecular formula is C11H20N2O5. The maximum atomic E-state index is 11.4. The van der Waals surface area contributed by atoms with Crippen LogP contribution in [0.5, 0.6) is 0 Å². The van der Waals surface area contributed by atoms with E-state index in [4.69, 9.17) is 5.11 Å². The highest BCUT2D eigenvalue weighted by Gasteiger charge is 2.23. The Morgan fingerprint density at radius 2 is 1.89 bits per heavy atom. The molecule has 0 aliphatic heterocycles. The van der Waals surface area contributed by atoms with Crippen LogP contribution in [0.25, 0.3) is 0 Å². The molecule has 7 nitrogen and oxygen atoms in total. The van der Waals surface area contributed by atoms with Crippen LogP contribution in [0.15, 0.2) is 0 Å². The SMILES string of the molecule is CCOC(=O)CCNC(=O)NC(C)(C)CC(=O)O. The van der Waals surface area contributed by atoms with Crippen molar-refractivity contribution in [2.75, 3.05) is 13.2 Å². The van der Waals surface area contributed by atoms with Gasteiger partial charge in [0.2, 0.25) is 0 Å². The molecule has 0 heterocycles. The number of hydrogen-bond donors (Lipinski definition) is 3. The normalized spacial score (nSPS) is 10.6. The largest absolute Gasteiger partial charge is 0.481 e. The molecule has 0 unspecified atom stereocenters. The number of carboxylic acids is 1. The van der Waals surface area contributed by atoms with Gasteiger partial charge in [-0.25, -0.2) is 4.79 Å². The molecule has 104 valence electrons. The van der Waals surface area contributed by atoms with Gasteiger partial charge in [0.25, 0.3) is 0 Å². The fourth-order valence-electron chi connectivity index (χ4n) is 1.29. The first-order chi connectivity index (χ1) is 8.26. The van der Waals surface area contributed by atoms with Crippen molar-refractivity contribution in [2.24, 2.45) is 0 Å². The summed E-state index contributed by atoms with van der Waals surface area (Å²) in [5, 5.41) is 13.6. The van der Waals surface area contributed by atoms with Gasteiger partial charge in [0.05, 0.1) is 19.4 Å². The van der Waals surface area contributed by atoms with E-state index in [1.165, 1.54) is 0 Å². The van der Waals surface area contributed by atoms with Gasteiger partial charge in [-0.1, -0.05) is 0 Å². The Balaban J connectivity index is 3.90. The fraction of sp³-hybridized carbons (Fsp3) is 0.727. The van der Waals surface area contributed by atoms with Crippen LogP contribution in [0.3, 0.4) is 0 Å². The Bertz CT molecular complexity index is 315. The summed E-state index contributed by atoms with van der Waals surface area (Å²) in [5.74, 6) is -1.38. The number of aliphatic carboxylic acids is 1. The zero-order valence-electron chi connectivity index (χ0n) is 10.9. The van der Waals surface area contributed by atoms with Gasteiger partial charge in [-0.05, 0) is 20.8 Å². The molecule has 0 saturated carbocycles. The lowest BCUT2D eigenvalue weighted by molar-refractivity contribution is -0.143. The first kappa shape index (κ1) is 16.2. The third-order valence-corrected chi connectivity index (χ3v) is 1.97. The first-order valence-electron chi connectivity index (χ1n) is 5.70. The molecule has 7 heteroatoms. The summed E-state index contributed by atoms with van der Waals surface area (Å²) in [7, 11) is 0. The number of amides is 2. The number of rotatable bonds is 7. The topological polar surface area (TPSA) is 105 Å². The summed E-state index contributed by atoms with van der Waals surface area (Å²) in [6, 6.07) is -0.509. The van der Waals surface area contributed by atoms with Gasteiger partial charge in [0.15, 0.2) is 0 Å². The number of carbonyl (C=O) groups is 3. The average molecular weight is 260 g/mol. The van der Waals surface area contributed by atoms with Gasteiger partial charge in [0.1, 0.15) is 0 Å². The monoisotopic (exact) mass is 260 g/mol. The third kappa shape index (κ3) is 8.37. The van der Waals surface area contributed by atoms with E-state index >= 15 is 0 Å². The van der Waals surface area contributed by atoms with Crippen molar-refractivity contribution in [1.29, 1.82) is 0 Å². The van der Waals surface area contributed by atoms with Gasteiger partial charge < -0.3 is 20.5 Å². The highest BCUT2D eigenvalue weighted by molar-refractivity contribution is 5.77. The van der Waals surface area contributed by atoms with Crippen molar-refractivity contribution in [2.45, 2.75) is 39.2 Å². The van der Waals surface area contributed by atoms with Crippen LogP contribution in [0, 0.1) is 0 Å². The summed E-state index contributed by atoms with van der Waals surface area (Å²) in [4.78, 5) is 32.9. The number of urea groups is 1. The Morgan fingerprint density at radius 3 is 2.39 bits per heavy atom. The molecule has 0 aromatic heterocycles. The molecule has 0 atom stereocenters. The number of ether oxygens (including phenoxy) is 1. The molecule has 2 amide bonds. The zero-order chi connectivity index (χ0) is 14.2. The third-order valence-electron chi connectivity index (χ3n) is 1.97. The lowest BCUT2D eigenvalue weighted by Gasteiger charge is -2.24. The van der Waals surface area contributed by atoms with E-state index in [-0.39, 0.29) is 25.4 Å². The van der Waals surface area contributed by atoms with Gasteiger partial charge in [-0.3, -0.25) is 9.59 Å². The van der Waals surface area contributed by atoms with Crippen LogP contribution in [0.1, 0.15) is 33.6 Å². The van der Waals surface area contributed by atoms with E-state index in [0.29, 0.717) is 6.61 Å². The van der Waals surface area contributed by atoms with Gasteiger partial charge in [-0.2, -0.15) is 0 Å². The molecule has 0 rings (SSSR count). The molecular weight excluding hydrogens is 240 g/mol. The summed E-state index contributed by atoms with van der Waals surface area (Å²) < 4.78 is 4.69. The lowest BCUT2D eigenvalue weighted by Crippen LogP contribution is -2.49. The number of carboxylic acid groups (broad SMARTS) is 1. The molecule has 0 bridgehead atoms. The second kappa shape index (κ2) is 7.52. The molecule has 0 aromatic carbocycles. The van der Waals surface area contributed by atoms with Crippen molar-refractivity contribution in [3.63, 3.8) is 0 Å². The van der Waals surface area contributed by atoms with Crippen LogP contribution in [0.2, 0.25) is 0 Å². The molecule has 0 saturated heterocycles. The Kier molecular flexibility index (Phi) is 6.77. The Morgan fingerprint density at radius 1 is 1.28 bits per heavy atom. The quantitative estimate of drug-likeness (QED) is 0.578. The van der Waals surface area contributed by atoms with E-state index in [0.717, 1.165) is 0 Å². The standard InChI is InChI=1S/C11H20N2O5/c1-4-18-9(16)5-6-12-10(17)13-11(2,3)7-8(14)15/h4-7H2,1-3H3,(H,14,15)(H2,12,13,17). The Labute approximate surface area is 106 Å². The molecule has 0 aliphatic rings. The Hall–Kier alpha value is -1.79. The van der Waals surface area contributed by atoms with E-state index in [9.17, 15) is 14.4 Å². The second-order valence-corrected chi connectivity index (χ2v) is 4.39.